The lowest BCUT2D eigenvalue weighted by Crippen LogP contribution is -2.20. The Balaban J connectivity index is 1.82. The van der Waals surface area contributed by atoms with Crippen molar-refractivity contribution in [3.8, 4) is 0 Å². The first-order valence-corrected chi connectivity index (χ1v) is 7.79. The highest BCUT2D eigenvalue weighted by atomic mass is 15.2. The molecule has 0 saturated heterocycles. The third-order valence-corrected chi connectivity index (χ3v) is 3.79. The molecule has 0 aliphatic rings. The standard InChI is InChI=1S/C18H22N4/c1-3-12-22-17-7-5-4-6-16(17)20-18(22)14-21(2)13-15-8-10-19-11-9-15/h4-11H,3,12-14H2,1-2H3. The smallest absolute Gasteiger partial charge is 0.124 e. The quantitative estimate of drug-likeness (QED) is 0.698. The van der Waals surface area contributed by atoms with Gasteiger partial charge >= 0.3 is 0 Å². The largest absolute Gasteiger partial charge is 0.327 e. The molecule has 2 heterocycles. The normalized spacial score (nSPS) is 11.4. The predicted molar refractivity (Wildman–Crippen MR) is 89.4 cm³/mol. The molecule has 2 aromatic heterocycles. The number of nitrogens with zero attached hydrogens (tertiary/aromatic N) is 4. The zero-order valence-corrected chi connectivity index (χ0v) is 13.2. The molecular formula is C18H22N4. The molecule has 0 unspecified atom stereocenters. The number of aromatic nitrogens is 3. The first-order chi connectivity index (χ1) is 10.8. The number of para-hydroxylation sites is 2. The number of pyridine rings is 1. The second-order valence-corrected chi connectivity index (χ2v) is 5.70. The molecule has 0 aliphatic heterocycles. The van der Waals surface area contributed by atoms with E-state index in [0.717, 1.165) is 37.4 Å². The van der Waals surface area contributed by atoms with E-state index >= 15 is 0 Å². The van der Waals surface area contributed by atoms with E-state index < -0.39 is 0 Å². The van der Waals surface area contributed by atoms with Crippen molar-refractivity contribution in [1.82, 2.24) is 19.4 Å². The fraction of sp³-hybridized carbons (Fsp3) is 0.333. The molecular weight excluding hydrogens is 272 g/mol. The average Bonchev–Trinajstić information content (AvgIpc) is 2.86. The Bertz CT molecular complexity index is 733. The van der Waals surface area contributed by atoms with Gasteiger partial charge in [0.05, 0.1) is 17.6 Å². The Hall–Kier alpha value is -2.20. The van der Waals surface area contributed by atoms with E-state index in [1.807, 2.05) is 12.4 Å². The van der Waals surface area contributed by atoms with E-state index in [0.29, 0.717) is 0 Å². The van der Waals surface area contributed by atoms with Gasteiger partial charge in [0, 0.05) is 25.5 Å². The summed E-state index contributed by atoms with van der Waals surface area (Å²) in [6.07, 6.45) is 4.80. The maximum atomic E-state index is 4.82. The minimum absolute atomic E-state index is 0.844. The van der Waals surface area contributed by atoms with Crippen LogP contribution in [0.4, 0.5) is 0 Å². The van der Waals surface area contributed by atoms with Crippen LogP contribution in [0.2, 0.25) is 0 Å². The van der Waals surface area contributed by atoms with E-state index in [-0.39, 0.29) is 0 Å². The summed E-state index contributed by atoms with van der Waals surface area (Å²) in [7, 11) is 2.13. The van der Waals surface area contributed by atoms with Crippen molar-refractivity contribution in [2.45, 2.75) is 33.0 Å². The summed E-state index contributed by atoms with van der Waals surface area (Å²) in [5.74, 6) is 1.14. The summed E-state index contributed by atoms with van der Waals surface area (Å²) >= 11 is 0. The number of hydrogen-bond donors (Lipinski definition) is 0. The maximum Gasteiger partial charge on any atom is 0.124 e. The number of imidazole rings is 1. The molecule has 0 amide bonds. The van der Waals surface area contributed by atoms with Crippen LogP contribution in [-0.4, -0.2) is 26.5 Å². The van der Waals surface area contributed by atoms with Crippen molar-refractivity contribution in [2.75, 3.05) is 7.05 Å². The number of aryl methyl sites for hydroxylation is 1. The van der Waals surface area contributed by atoms with Crippen LogP contribution in [0.15, 0.2) is 48.8 Å². The lowest BCUT2D eigenvalue weighted by Gasteiger charge is -2.17. The lowest BCUT2D eigenvalue weighted by molar-refractivity contribution is 0.305. The van der Waals surface area contributed by atoms with Gasteiger partial charge in [-0.15, -0.1) is 0 Å². The third-order valence-electron chi connectivity index (χ3n) is 3.79. The Morgan fingerprint density at radius 1 is 1.05 bits per heavy atom. The van der Waals surface area contributed by atoms with Gasteiger partial charge in [0.1, 0.15) is 5.82 Å². The van der Waals surface area contributed by atoms with Gasteiger partial charge in [0.15, 0.2) is 0 Å². The van der Waals surface area contributed by atoms with Crippen molar-refractivity contribution in [2.24, 2.45) is 0 Å². The average molecular weight is 294 g/mol. The van der Waals surface area contributed by atoms with Gasteiger partial charge < -0.3 is 4.57 Å². The van der Waals surface area contributed by atoms with E-state index in [1.54, 1.807) is 0 Å². The summed E-state index contributed by atoms with van der Waals surface area (Å²) in [6, 6.07) is 12.5. The van der Waals surface area contributed by atoms with Crippen LogP contribution >= 0.6 is 0 Å². The molecule has 4 heteroatoms. The molecule has 4 nitrogen and oxygen atoms in total. The van der Waals surface area contributed by atoms with Crippen molar-refractivity contribution < 1.29 is 0 Å². The Labute approximate surface area is 131 Å². The second kappa shape index (κ2) is 6.71. The molecule has 0 aliphatic carbocycles. The first-order valence-electron chi connectivity index (χ1n) is 7.79. The van der Waals surface area contributed by atoms with Crippen LogP contribution in [0, 0.1) is 0 Å². The van der Waals surface area contributed by atoms with E-state index in [1.165, 1.54) is 11.1 Å². The van der Waals surface area contributed by atoms with Crippen LogP contribution < -0.4 is 0 Å². The van der Waals surface area contributed by atoms with Gasteiger partial charge in [0.25, 0.3) is 0 Å². The number of hydrogen-bond acceptors (Lipinski definition) is 3. The molecule has 1 aromatic carbocycles. The van der Waals surface area contributed by atoms with E-state index in [2.05, 4.69) is 64.8 Å². The van der Waals surface area contributed by atoms with Crippen LogP contribution in [0.1, 0.15) is 24.7 Å². The number of fused-ring (bicyclic) bond motifs is 1. The minimum atomic E-state index is 0.844. The van der Waals surface area contributed by atoms with Crippen molar-refractivity contribution >= 4 is 11.0 Å². The zero-order chi connectivity index (χ0) is 15.4. The zero-order valence-electron chi connectivity index (χ0n) is 13.2. The highest BCUT2D eigenvalue weighted by Gasteiger charge is 2.12. The third kappa shape index (κ3) is 3.17. The Morgan fingerprint density at radius 2 is 1.82 bits per heavy atom. The van der Waals surface area contributed by atoms with Crippen LogP contribution in [0.3, 0.4) is 0 Å². The van der Waals surface area contributed by atoms with E-state index in [9.17, 15) is 0 Å². The van der Waals surface area contributed by atoms with Gasteiger partial charge in [-0.2, -0.15) is 0 Å². The van der Waals surface area contributed by atoms with Gasteiger partial charge in [0.2, 0.25) is 0 Å². The summed E-state index contributed by atoms with van der Waals surface area (Å²) in [4.78, 5) is 11.2. The number of benzene rings is 1. The molecule has 0 saturated carbocycles. The molecule has 3 rings (SSSR count). The lowest BCUT2D eigenvalue weighted by atomic mass is 10.2. The van der Waals surface area contributed by atoms with Crippen LogP contribution in [0.25, 0.3) is 11.0 Å². The van der Waals surface area contributed by atoms with Gasteiger partial charge in [-0.1, -0.05) is 19.1 Å². The second-order valence-electron chi connectivity index (χ2n) is 5.70. The molecule has 22 heavy (non-hydrogen) atoms. The van der Waals surface area contributed by atoms with Crippen molar-refractivity contribution in [3.63, 3.8) is 0 Å². The molecule has 0 atom stereocenters. The molecule has 0 N–H and O–H groups in total. The topological polar surface area (TPSA) is 34.0 Å². The molecule has 0 spiro atoms. The Kier molecular flexibility index (Phi) is 4.49. The fourth-order valence-electron chi connectivity index (χ4n) is 2.82. The maximum absolute atomic E-state index is 4.82. The molecule has 0 bridgehead atoms. The number of rotatable bonds is 6. The minimum Gasteiger partial charge on any atom is -0.327 e. The summed E-state index contributed by atoms with van der Waals surface area (Å²) in [5, 5.41) is 0. The highest BCUT2D eigenvalue weighted by Crippen LogP contribution is 2.18. The monoisotopic (exact) mass is 294 g/mol. The van der Waals surface area contributed by atoms with E-state index in [4.69, 9.17) is 4.98 Å². The highest BCUT2D eigenvalue weighted by molar-refractivity contribution is 5.75. The van der Waals surface area contributed by atoms with Crippen LogP contribution in [-0.2, 0) is 19.6 Å². The molecule has 3 aromatic rings. The van der Waals surface area contributed by atoms with Crippen molar-refractivity contribution in [1.29, 1.82) is 0 Å². The summed E-state index contributed by atoms with van der Waals surface area (Å²) in [5.41, 5.74) is 3.59. The predicted octanol–water partition coefficient (Wildman–Crippen LogP) is 3.47. The Morgan fingerprint density at radius 3 is 2.59 bits per heavy atom. The van der Waals surface area contributed by atoms with Crippen molar-refractivity contribution in [3.05, 3.63) is 60.2 Å². The van der Waals surface area contributed by atoms with Gasteiger partial charge in [-0.05, 0) is 43.3 Å². The summed E-state index contributed by atoms with van der Waals surface area (Å²) < 4.78 is 2.35. The fourth-order valence-corrected chi connectivity index (χ4v) is 2.82. The molecule has 0 radical (unpaired) electrons. The van der Waals surface area contributed by atoms with Gasteiger partial charge in [-0.3, -0.25) is 9.88 Å². The first kappa shape index (κ1) is 14.7. The van der Waals surface area contributed by atoms with Gasteiger partial charge in [-0.25, -0.2) is 4.98 Å². The molecule has 114 valence electrons. The summed E-state index contributed by atoms with van der Waals surface area (Å²) in [6.45, 7) is 4.97. The molecule has 0 fully saturated rings. The SMILES string of the molecule is CCCn1c(CN(C)Cc2ccncc2)nc2ccccc21. The van der Waals surface area contributed by atoms with Crippen LogP contribution in [0.5, 0.6) is 0 Å².